The number of carbonyl (C=O) groups is 1. The Morgan fingerprint density at radius 1 is 1.29 bits per heavy atom. The molecule has 2 atom stereocenters. The summed E-state index contributed by atoms with van der Waals surface area (Å²) in [5.41, 5.74) is 5.83. The van der Waals surface area contributed by atoms with Crippen molar-refractivity contribution in [2.75, 3.05) is 6.54 Å². The molecule has 12 heteroatoms. The Morgan fingerprint density at radius 3 is 2.68 bits per heavy atom. The lowest BCUT2D eigenvalue weighted by molar-refractivity contribution is -0.148. The Labute approximate surface area is 155 Å². The van der Waals surface area contributed by atoms with Crippen molar-refractivity contribution in [3.8, 4) is 0 Å². The van der Waals surface area contributed by atoms with Crippen LogP contribution in [0.1, 0.15) is 30.9 Å². The molecule has 2 unspecified atom stereocenters. The number of carbonyl (C=O) groups excluding carboxylic acids is 1. The molecule has 154 valence electrons. The van der Waals surface area contributed by atoms with Gasteiger partial charge in [0.05, 0.1) is 6.54 Å². The van der Waals surface area contributed by atoms with Crippen molar-refractivity contribution in [2.24, 2.45) is 5.73 Å². The molecule has 28 heavy (non-hydrogen) atoms. The minimum Gasteiger partial charge on any atom is -0.333 e. The third-order valence-corrected chi connectivity index (χ3v) is 4.63. The van der Waals surface area contributed by atoms with Crippen LogP contribution in [0.15, 0.2) is 23.3 Å². The van der Waals surface area contributed by atoms with Crippen LogP contribution in [0.3, 0.4) is 0 Å². The van der Waals surface area contributed by atoms with E-state index in [1.54, 1.807) is 0 Å². The van der Waals surface area contributed by atoms with Crippen molar-refractivity contribution < 1.29 is 31.1 Å². The number of nitrogens with two attached hydrogens (primary N) is 1. The summed E-state index contributed by atoms with van der Waals surface area (Å²) in [6, 6.07) is -0.847. The van der Waals surface area contributed by atoms with Gasteiger partial charge in [0, 0.05) is 38.0 Å². The number of allylic oxidation sites excluding steroid dienone is 3. The summed E-state index contributed by atoms with van der Waals surface area (Å²) in [5.74, 6) is -3.67. The predicted molar refractivity (Wildman–Crippen MR) is 84.5 cm³/mol. The fourth-order valence-corrected chi connectivity index (χ4v) is 3.23. The summed E-state index contributed by atoms with van der Waals surface area (Å²) < 4.78 is 79.5. The molecule has 0 radical (unpaired) electrons. The lowest BCUT2D eigenvalue weighted by atomic mass is 9.94. The first-order valence-electron chi connectivity index (χ1n) is 8.47. The van der Waals surface area contributed by atoms with Gasteiger partial charge in [-0.05, 0) is 12.0 Å². The zero-order chi connectivity index (χ0) is 20.6. The maximum absolute atomic E-state index is 13.7. The molecule has 2 N–H and O–H groups in total. The largest absolute Gasteiger partial charge is 0.451 e. The quantitative estimate of drug-likeness (QED) is 0.776. The van der Waals surface area contributed by atoms with Crippen LogP contribution in [0.2, 0.25) is 0 Å². The van der Waals surface area contributed by atoms with Gasteiger partial charge in [-0.25, -0.2) is 13.2 Å². The molecule has 0 spiro atoms. The van der Waals surface area contributed by atoms with Crippen molar-refractivity contribution >= 4 is 5.91 Å². The molecule has 1 amide bonds. The van der Waals surface area contributed by atoms with Crippen LogP contribution in [0.4, 0.5) is 26.3 Å². The second kappa shape index (κ2) is 7.57. The predicted octanol–water partition coefficient (Wildman–Crippen LogP) is 2.57. The van der Waals surface area contributed by atoms with Gasteiger partial charge in [0.2, 0.25) is 11.7 Å². The average molecular weight is 409 g/mol. The van der Waals surface area contributed by atoms with E-state index in [9.17, 15) is 31.1 Å². The summed E-state index contributed by atoms with van der Waals surface area (Å²) in [6.07, 6.45) is -6.94. The number of aromatic nitrogens is 3. The third-order valence-electron chi connectivity index (χ3n) is 4.63. The first-order valence-corrected chi connectivity index (χ1v) is 8.47. The van der Waals surface area contributed by atoms with Crippen LogP contribution < -0.4 is 5.73 Å². The molecule has 2 heterocycles. The molecule has 0 bridgehead atoms. The number of rotatable bonds is 4. The molecular formula is C16H17F6N5O. The molecule has 1 aliphatic carbocycles. The van der Waals surface area contributed by atoms with Crippen molar-refractivity contribution in [3.05, 3.63) is 35.0 Å². The molecule has 2 aliphatic rings. The van der Waals surface area contributed by atoms with Gasteiger partial charge in [0.1, 0.15) is 11.7 Å². The van der Waals surface area contributed by atoms with E-state index in [4.69, 9.17) is 5.73 Å². The Morgan fingerprint density at radius 2 is 2.00 bits per heavy atom. The molecule has 0 saturated carbocycles. The van der Waals surface area contributed by atoms with Crippen molar-refractivity contribution in [3.63, 3.8) is 0 Å². The average Bonchev–Trinajstić information content (AvgIpc) is 3.03. The van der Waals surface area contributed by atoms with Gasteiger partial charge in [0.15, 0.2) is 12.0 Å². The molecule has 1 aromatic heterocycles. The minimum atomic E-state index is -4.64. The van der Waals surface area contributed by atoms with E-state index >= 15 is 0 Å². The smallest absolute Gasteiger partial charge is 0.333 e. The summed E-state index contributed by atoms with van der Waals surface area (Å²) >= 11 is 0. The zero-order valence-electron chi connectivity index (χ0n) is 14.5. The highest BCUT2D eigenvalue weighted by atomic mass is 19.4. The van der Waals surface area contributed by atoms with Crippen molar-refractivity contribution in [2.45, 2.75) is 50.7 Å². The number of halogens is 6. The lowest BCUT2D eigenvalue weighted by Gasteiger charge is -2.29. The lowest BCUT2D eigenvalue weighted by Crippen LogP contribution is -2.41. The van der Waals surface area contributed by atoms with Gasteiger partial charge in [-0.1, -0.05) is 0 Å². The molecule has 0 aromatic carbocycles. The molecule has 3 rings (SSSR count). The van der Waals surface area contributed by atoms with Crippen molar-refractivity contribution in [1.82, 2.24) is 19.7 Å². The van der Waals surface area contributed by atoms with E-state index in [2.05, 4.69) is 10.2 Å². The van der Waals surface area contributed by atoms with Crippen molar-refractivity contribution in [1.29, 1.82) is 0 Å². The van der Waals surface area contributed by atoms with Crippen LogP contribution >= 0.6 is 0 Å². The molecule has 6 nitrogen and oxygen atoms in total. The maximum atomic E-state index is 13.7. The number of nitrogens with zero attached hydrogens (tertiary/aromatic N) is 4. The van der Waals surface area contributed by atoms with Gasteiger partial charge in [-0.15, -0.1) is 10.2 Å². The van der Waals surface area contributed by atoms with E-state index in [0.29, 0.717) is 6.08 Å². The van der Waals surface area contributed by atoms with Crippen LogP contribution in [-0.4, -0.2) is 44.3 Å². The Kier molecular flexibility index (Phi) is 5.50. The van der Waals surface area contributed by atoms with E-state index in [1.165, 1.54) is 4.90 Å². The summed E-state index contributed by atoms with van der Waals surface area (Å²) in [5, 5.41) is 6.61. The molecule has 1 aliphatic heterocycles. The third kappa shape index (κ3) is 4.21. The Hall–Kier alpha value is -2.37. The second-order valence-electron chi connectivity index (χ2n) is 6.73. The van der Waals surface area contributed by atoms with Crippen LogP contribution in [0.25, 0.3) is 0 Å². The zero-order valence-corrected chi connectivity index (χ0v) is 14.5. The summed E-state index contributed by atoms with van der Waals surface area (Å²) in [6.45, 7) is -0.269. The van der Waals surface area contributed by atoms with Gasteiger partial charge in [-0.3, -0.25) is 4.79 Å². The Bertz CT molecular complexity index is 830. The minimum absolute atomic E-state index is 0.00223. The van der Waals surface area contributed by atoms with Gasteiger partial charge in [-0.2, -0.15) is 13.2 Å². The fraction of sp³-hybridized carbons (Fsp3) is 0.562. The number of hydrogen-bond acceptors (Lipinski definition) is 4. The van der Waals surface area contributed by atoms with E-state index in [0.717, 1.165) is 4.57 Å². The highest BCUT2D eigenvalue weighted by Crippen LogP contribution is 2.32. The molecule has 0 fully saturated rings. The monoisotopic (exact) mass is 409 g/mol. The standard InChI is InChI=1S/C16H17F6N5O/c17-10-6-12(19)11(18)4-8(10)3-9(23)5-14(28)26-1-2-27-13(7-26)24-25-15(27)16(20,21)22/h6,9,11H,1-5,7,23H2. The van der Waals surface area contributed by atoms with E-state index in [1.807, 2.05) is 0 Å². The number of amides is 1. The van der Waals surface area contributed by atoms with Gasteiger partial charge >= 0.3 is 6.18 Å². The highest BCUT2D eigenvalue weighted by Gasteiger charge is 2.40. The van der Waals surface area contributed by atoms with E-state index in [-0.39, 0.29) is 43.9 Å². The first kappa shape index (κ1) is 20.4. The second-order valence-corrected chi connectivity index (χ2v) is 6.73. The topological polar surface area (TPSA) is 77.0 Å². The van der Waals surface area contributed by atoms with Crippen LogP contribution in [0.5, 0.6) is 0 Å². The molecule has 0 saturated heterocycles. The molecular weight excluding hydrogens is 392 g/mol. The number of alkyl halides is 4. The van der Waals surface area contributed by atoms with Crippen LogP contribution in [-0.2, 0) is 24.1 Å². The number of fused-ring (bicyclic) bond motifs is 1. The van der Waals surface area contributed by atoms with Crippen LogP contribution in [0, 0.1) is 0 Å². The highest BCUT2D eigenvalue weighted by molar-refractivity contribution is 5.76. The van der Waals surface area contributed by atoms with Gasteiger partial charge in [0.25, 0.3) is 0 Å². The normalized spacial score (nSPS) is 21.5. The van der Waals surface area contributed by atoms with Gasteiger partial charge < -0.3 is 15.2 Å². The fourth-order valence-electron chi connectivity index (χ4n) is 3.23. The first-order chi connectivity index (χ1) is 13.1. The molecule has 1 aromatic rings. The maximum Gasteiger partial charge on any atom is 0.451 e. The van der Waals surface area contributed by atoms with E-state index < -0.39 is 48.2 Å². The Balaban J connectivity index is 1.60. The summed E-state index contributed by atoms with van der Waals surface area (Å²) in [7, 11) is 0. The SMILES string of the molecule is NC(CC(=O)N1CCn2c(nnc2C(F)(F)F)C1)CC1=C(F)C=C(F)C(F)C1. The summed E-state index contributed by atoms with van der Waals surface area (Å²) in [4.78, 5) is 13.7. The number of hydrogen-bond donors (Lipinski definition) is 1.